The summed E-state index contributed by atoms with van der Waals surface area (Å²) in [5, 5.41) is 12.5. The number of nitrogens with zero attached hydrogens (tertiary/aromatic N) is 4. The first-order chi connectivity index (χ1) is 17.8. The Hall–Kier alpha value is -4.69. The third-order valence-corrected chi connectivity index (χ3v) is 6.21. The van der Waals surface area contributed by atoms with Gasteiger partial charge in [-0.25, -0.2) is 18.5 Å². The summed E-state index contributed by atoms with van der Waals surface area (Å²) < 4.78 is 21.4. The Balaban J connectivity index is 1.63. The quantitative estimate of drug-likeness (QED) is 0.399. The van der Waals surface area contributed by atoms with Gasteiger partial charge in [-0.1, -0.05) is 23.7 Å². The lowest BCUT2D eigenvalue weighted by Gasteiger charge is -2.17. The van der Waals surface area contributed by atoms with Crippen LogP contribution in [0.5, 0.6) is 5.75 Å². The van der Waals surface area contributed by atoms with Gasteiger partial charge in [0.25, 0.3) is 5.56 Å². The molecule has 10 nitrogen and oxygen atoms in total. The second-order valence-corrected chi connectivity index (χ2v) is 8.69. The minimum atomic E-state index is -0.885. The van der Waals surface area contributed by atoms with Gasteiger partial charge >= 0.3 is 11.4 Å². The zero-order valence-electron chi connectivity index (χ0n) is 19.1. The molecule has 37 heavy (non-hydrogen) atoms. The van der Waals surface area contributed by atoms with E-state index in [0.29, 0.717) is 30.0 Å². The molecule has 0 amide bonds. The Morgan fingerprint density at radius 3 is 2.78 bits per heavy atom. The highest BCUT2D eigenvalue weighted by molar-refractivity contribution is 6.33. The number of hydrogen-bond acceptors (Lipinski definition) is 7. The van der Waals surface area contributed by atoms with Gasteiger partial charge in [0, 0.05) is 24.2 Å². The van der Waals surface area contributed by atoms with Crippen LogP contribution in [-0.2, 0) is 19.5 Å². The molecule has 0 aliphatic carbocycles. The molecule has 3 heterocycles. The topological polar surface area (TPSA) is 135 Å². The van der Waals surface area contributed by atoms with Crippen LogP contribution >= 0.6 is 11.6 Å². The number of fused-ring (bicyclic) bond motifs is 1. The number of halogens is 2. The molecule has 5 rings (SSSR count). The van der Waals surface area contributed by atoms with E-state index >= 15 is 0 Å². The van der Waals surface area contributed by atoms with E-state index in [4.69, 9.17) is 16.3 Å². The van der Waals surface area contributed by atoms with Crippen LogP contribution in [0, 0.1) is 17.1 Å². The molecule has 4 aromatic rings. The minimum Gasteiger partial charge on any atom is -0.493 e. The van der Waals surface area contributed by atoms with E-state index in [-0.39, 0.29) is 35.2 Å². The number of hydrogen-bond donors (Lipinski definition) is 2. The van der Waals surface area contributed by atoms with Crippen molar-refractivity contribution in [1.82, 2.24) is 19.1 Å². The van der Waals surface area contributed by atoms with E-state index in [9.17, 15) is 24.0 Å². The maximum atomic E-state index is 13.9. The van der Waals surface area contributed by atoms with Gasteiger partial charge in [0.2, 0.25) is 5.95 Å². The molecule has 1 aliphatic rings. The third-order valence-electron chi connectivity index (χ3n) is 5.90. The standard InChI is InChI=1S/C25H18ClFN6O4/c26-18-10-21-15(5-7-37-21)9-20(18)30-23-31-24(35)33(13-16-2-1-6-29-22(16)34)25(36)32(23)12-14-3-4-19(27)17(8-14)11-28/h1-4,6,8-10H,5,7,12-13H2,(H,29,34)(H,30,31,35). The number of rotatable bonds is 6. The fourth-order valence-electron chi connectivity index (χ4n) is 4.01. The highest BCUT2D eigenvalue weighted by atomic mass is 35.5. The van der Waals surface area contributed by atoms with E-state index in [1.54, 1.807) is 24.3 Å². The van der Waals surface area contributed by atoms with Crippen LogP contribution in [0.4, 0.5) is 16.0 Å². The van der Waals surface area contributed by atoms with Crippen LogP contribution in [0.15, 0.2) is 63.0 Å². The van der Waals surface area contributed by atoms with Crippen molar-refractivity contribution < 1.29 is 9.13 Å². The molecule has 0 radical (unpaired) electrons. The maximum Gasteiger partial charge on any atom is 0.355 e. The number of anilines is 2. The third kappa shape index (κ3) is 4.74. The van der Waals surface area contributed by atoms with Crippen molar-refractivity contribution in [2.75, 3.05) is 11.9 Å². The molecule has 2 aromatic heterocycles. The van der Waals surface area contributed by atoms with Gasteiger partial charge in [-0.05, 0) is 35.4 Å². The summed E-state index contributed by atoms with van der Waals surface area (Å²) >= 11 is 6.41. The van der Waals surface area contributed by atoms with Crippen LogP contribution < -0.4 is 27.0 Å². The van der Waals surface area contributed by atoms with Crippen molar-refractivity contribution in [2.45, 2.75) is 19.5 Å². The monoisotopic (exact) mass is 520 g/mol. The Labute approximate surface area is 213 Å². The van der Waals surface area contributed by atoms with Crippen LogP contribution in [-0.4, -0.2) is 25.7 Å². The molecule has 1 aliphatic heterocycles. The molecule has 0 unspecified atom stereocenters. The fraction of sp³-hybridized carbons (Fsp3) is 0.160. The summed E-state index contributed by atoms with van der Waals surface area (Å²) in [6.45, 7) is 0.0453. The summed E-state index contributed by atoms with van der Waals surface area (Å²) in [5.41, 5.74) is -0.397. The first-order valence-corrected chi connectivity index (χ1v) is 11.5. The van der Waals surface area contributed by atoms with E-state index in [0.717, 1.165) is 20.8 Å². The van der Waals surface area contributed by atoms with E-state index in [1.807, 2.05) is 0 Å². The largest absolute Gasteiger partial charge is 0.493 e. The van der Waals surface area contributed by atoms with Crippen LogP contribution in [0.2, 0.25) is 5.02 Å². The average Bonchev–Trinajstić information content (AvgIpc) is 3.33. The molecule has 2 aromatic carbocycles. The lowest BCUT2D eigenvalue weighted by molar-refractivity contribution is 0.357. The van der Waals surface area contributed by atoms with Crippen molar-refractivity contribution >= 4 is 23.2 Å². The second kappa shape index (κ2) is 9.75. The van der Waals surface area contributed by atoms with Gasteiger partial charge in [0.1, 0.15) is 17.6 Å². The molecule has 2 N–H and O–H groups in total. The number of aromatic amines is 1. The molecule has 0 saturated carbocycles. The Morgan fingerprint density at radius 2 is 2.00 bits per heavy atom. The SMILES string of the molecule is N#Cc1cc(Cn2c(Nc3cc4c(cc3Cl)OCC4)nc(=O)n(Cc3ccc[nH]c3=O)c2=O)ccc1F. The first kappa shape index (κ1) is 24.0. The molecular weight excluding hydrogens is 503 g/mol. The van der Waals surface area contributed by atoms with E-state index < -0.39 is 22.8 Å². The second-order valence-electron chi connectivity index (χ2n) is 8.29. The summed E-state index contributed by atoms with van der Waals surface area (Å²) in [5.74, 6) is -0.160. The maximum absolute atomic E-state index is 13.9. The zero-order chi connectivity index (χ0) is 26.1. The number of nitriles is 1. The molecule has 0 fully saturated rings. The van der Waals surface area contributed by atoms with E-state index in [2.05, 4.69) is 15.3 Å². The summed E-state index contributed by atoms with van der Waals surface area (Å²) in [6, 6.07) is 12.1. The van der Waals surface area contributed by atoms with Gasteiger partial charge in [0.15, 0.2) is 0 Å². The smallest absolute Gasteiger partial charge is 0.355 e. The van der Waals surface area contributed by atoms with Crippen LogP contribution in [0.1, 0.15) is 22.3 Å². The Morgan fingerprint density at radius 1 is 1.16 bits per heavy atom. The number of aromatic nitrogens is 4. The lowest BCUT2D eigenvalue weighted by atomic mass is 10.1. The van der Waals surface area contributed by atoms with Crippen LogP contribution in [0.3, 0.4) is 0 Å². The van der Waals surface area contributed by atoms with Crippen LogP contribution in [0.25, 0.3) is 0 Å². The van der Waals surface area contributed by atoms with Crippen molar-refractivity contribution in [3.8, 4) is 11.8 Å². The Bertz CT molecular complexity index is 1750. The number of nitrogens with one attached hydrogen (secondary N) is 2. The first-order valence-electron chi connectivity index (χ1n) is 11.1. The predicted octanol–water partition coefficient (Wildman–Crippen LogP) is 2.53. The Kier molecular flexibility index (Phi) is 6.33. The molecule has 0 saturated heterocycles. The number of ether oxygens (including phenoxy) is 1. The molecule has 0 spiro atoms. The van der Waals surface area contributed by atoms with Gasteiger partial charge in [0.05, 0.1) is 36.0 Å². The van der Waals surface area contributed by atoms with Gasteiger partial charge in [-0.3, -0.25) is 9.36 Å². The normalized spacial score (nSPS) is 12.0. The predicted molar refractivity (Wildman–Crippen MR) is 133 cm³/mol. The minimum absolute atomic E-state index is 0.114. The van der Waals surface area contributed by atoms with Crippen molar-refractivity contribution in [3.05, 3.63) is 113 Å². The molecule has 0 bridgehead atoms. The van der Waals surface area contributed by atoms with Crippen molar-refractivity contribution in [3.63, 3.8) is 0 Å². The average molecular weight is 521 g/mol. The highest BCUT2D eigenvalue weighted by Crippen LogP contribution is 2.35. The van der Waals surface area contributed by atoms with Gasteiger partial charge in [-0.15, -0.1) is 0 Å². The summed E-state index contributed by atoms with van der Waals surface area (Å²) in [4.78, 5) is 45.2. The molecule has 186 valence electrons. The number of benzene rings is 2. The lowest BCUT2D eigenvalue weighted by Crippen LogP contribution is -2.43. The summed E-state index contributed by atoms with van der Waals surface area (Å²) in [7, 11) is 0. The fourth-order valence-corrected chi connectivity index (χ4v) is 4.21. The molecule has 12 heteroatoms. The van der Waals surface area contributed by atoms with E-state index in [1.165, 1.54) is 24.4 Å². The number of H-pyrrole nitrogens is 1. The van der Waals surface area contributed by atoms with Gasteiger partial charge < -0.3 is 15.0 Å². The summed E-state index contributed by atoms with van der Waals surface area (Å²) in [6.07, 6.45) is 2.10. The van der Waals surface area contributed by atoms with Crippen molar-refractivity contribution in [2.24, 2.45) is 0 Å². The number of pyridine rings is 1. The van der Waals surface area contributed by atoms with Gasteiger partial charge in [-0.2, -0.15) is 10.2 Å². The zero-order valence-corrected chi connectivity index (χ0v) is 19.9. The highest BCUT2D eigenvalue weighted by Gasteiger charge is 2.19. The van der Waals surface area contributed by atoms with Crippen molar-refractivity contribution in [1.29, 1.82) is 5.26 Å². The molecular formula is C25H18ClFN6O4. The molecule has 0 atom stereocenters.